The van der Waals surface area contributed by atoms with Gasteiger partial charge in [-0.1, -0.05) is 0 Å². The second-order valence-electron chi connectivity index (χ2n) is 4.09. The molecule has 0 heterocycles. The Labute approximate surface area is 105 Å². The molecule has 0 bridgehead atoms. The number of nitro benzene ring substituents is 1. The summed E-state index contributed by atoms with van der Waals surface area (Å²) in [7, 11) is -2.29. The molecule has 0 amide bonds. The Balaban J connectivity index is 3.31. The molecule has 0 aliphatic carbocycles. The minimum atomic E-state index is -3.73. The smallest absolute Gasteiger partial charge is 0.271 e. The van der Waals surface area contributed by atoms with Crippen molar-refractivity contribution in [3.8, 4) is 0 Å². The second kappa shape index (κ2) is 4.91. The van der Waals surface area contributed by atoms with Crippen LogP contribution in [0.4, 0.5) is 11.4 Å². The Kier molecular flexibility index (Phi) is 3.92. The van der Waals surface area contributed by atoms with E-state index in [4.69, 9.17) is 5.73 Å². The monoisotopic (exact) mass is 273 g/mol. The highest BCUT2D eigenvalue weighted by Gasteiger charge is 2.26. The fourth-order valence-electron chi connectivity index (χ4n) is 1.32. The van der Waals surface area contributed by atoms with Crippen molar-refractivity contribution in [3.05, 3.63) is 28.3 Å². The summed E-state index contributed by atoms with van der Waals surface area (Å²) in [6.07, 6.45) is 0. The SMILES string of the molecule is CC(C)N(C)S(=O)(=O)c1ccc([N+](=O)[O-])cc1N. The van der Waals surface area contributed by atoms with E-state index in [9.17, 15) is 18.5 Å². The highest BCUT2D eigenvalue weighted by molar-refractivity contribution is 7.89. The molecule has 0 aliphatic rings. The van der Waals surface area contributed by atoms with Crippen LogP contribution in [0.25, 0.3) is 0 Å². The summed E-state index contributed by atoms with van der Waals surface area (Å²) in [6.45, 7) is 3.44. The van der Waals surface area contributed by atoms with Crippen LogP contribution in [0.2, 0.25) is 0 Å². The van der Waals surface area contributed by atoms with Crippen LogP contribution in [0.1, 0.15) is 13.8 Å². The molecule has 1 aromatic rings. The minimum Gasteiger partial charge on any atom is -0.397 e. The first-order valence-corrected chi connectivity index (χ1v) is 6.64. The molecule has 0 fully saturated rings. The molecule has 0 unspecified atom stereocenters. The third-order valence-electron chi connectivity index (χ3n) is 2.59. The fourth-order valence-corrected chi connectivity index (χ4v) is 2.78. The van der Waals surface area contributed by atoms with Crippen LogP contribution in [0, 0.1) is 10.1 Å². The maximum atomic E-state index is 12.2. The Bertz CT molecular complexity index is 568. The van der Waals surface area contributed by atoms with E-state index in [1.165, 1.54) is 7.05 Å². The summed E-state index contributed by atoms with van der Waals surface area (Å²) in [6, 6.07) is 3.09. The van der Waals surface area contributed by atoms with Gasteiger partial charge in [0.25, 0.3) is 5.69 Å². The quantitative estimate of drug-likeness (QED) is 0.504. The van der Waals surface area contributed by atoms with Crippen LogP contribution in [0.15, 0.2) is 23.1 Å². The van der Waals surface area contributed by atoms with Crippen LogP contribution >= 0.6 is 0 Å². The average Bonchev–Trinajstić information content (AvgIpc) is 2.27. The first kappa shape index (κ1) is 14.4. The predicted molar refractivity (Wildman–Crippen MR) is 67.6 cm³/mol. The van der Waals surface area contributed by atoms with E-state index in [-0.39, 0.29) is 22.3 Å². The van der Waals surface area contributed by atoms with Crippen molar-refractivity contribution in [1.29, 1.82) is 0 Å². The first-order valence-electron chi connectivity index (χ1n) is 5.20. The zero-order chi connectivity index (χ0) is 14.1. The number of rotatable bonds is 4. The minimum absolute atomic E-state index is 0.121. The van der Waals surface area contributed by atoms with Crippen LogP contribution in [-0.2, 0) is 10.0 Å². The van der Waals surface area contributed by atoms with Crippen molar-refractivity contribution in [2.45, 2.75) is 24.8 Å². The van der Waals surface area contributed by atoms with Gasteiger partial charge in [-0.2, -0.15) is 4.31 Å². The van der Waals surface area contributed by atoms with Gasteiger partial charge in [-0.05, 0) is 19.9 Å². The highest BCUT2D eigenvalue weighted by Crippen LogP contribution is 2.26. The molecule has 2 N–H and O–H groups in total. The van der Waals surface area contributed by atoms with Gasteiger partial charge in [0.05, 0.1) is 10.6 Å². The number of nitrogen functional groups attached to an aromatic ring is 1. The Morgan fingerprint density at radius 3 is 2.33 bits per heavy atom. The van der Waals surface area contributed by atoms with E-state index in [1.54, 1.807) is 13.8 Å². The van der Waals surface area contributed by atoms with Crippen LogP contribution in [-0.4, -0.2) is 30.7 Å². The maximum Gasteiger partial charge on any atom is 0.271 e. The third kappa shape index (κ3) is 2.59. The van der Waals surface area contributed by atoms with E-state index >= 15 is 0 Å². The largest absolute Gasteiger partial charge is 0.397 e. The van der Waals surface area contributed by atoms with Gasteiger partial charge in [0.15, 0.2) is 0 Å². The fraction of sp³-hybridized carbons (Fsp3) is 0.400. The van der Waals surface area contributed by atoms with Crippen molar-refractivity contribution < 1.29 is 13.3 Å². The lowest BCUT2D eigenvalue weighted by Crippen LogP contribution is -2.33. The van der Waals surface area contributed by atoms with Gasteiger partial charge in [-0.25, -0.2) is 8.42 Å². The van der Waals surface area contributed by atoms with Crippen molar-refractivity contribution >= 4 is 21.4 Å². The number of benzene rings is 1. The zero-order valence-corrected chi connectivity index (χ0v) is 11.1. The van der Waals surface area contributed by atoms with Gasteiger partial charge < -0.3 is 5.73 Å². The van der Waals surface area contributed by atoms with Crippen LogP contribution in [0.5, 0.6) is 0 Å². The number of nitro groups is 1. The van der Waals surface area contributed by atoms with Crippen molar-refractivity contribution in [2.24, 2.45) is 0 Å². The second-order valence-corrected chi connectivity index (χ2v) is 6.06. The van der Waals surface area contributed by atoms with E-state index in [2.05, 4.69) is 0 Å². The molecule has 100 valence electrons. The topological polar surface area (TPSA) is 107 Å². The summed E-state index contributed by atoms with van der Waals surface area (Å²) >= 11 is 0. The predicted octanol–water partition coefficient (Wildman–Crippen LogP) is 1.21. The van der Waals surface area contributed by atoms with E-state index in [0.29, 0.717) is 0 Å². The third-order valence-corrected chi connectivity index (χ3v) is 4.70. The summed E-state index contributed by atoms with van der Waals surface area (Å²) in [5, 5.41) is 10.5. The average molecular weight is 273 g/mol. The van der Waals surface area contributed by atoms with Crippen molar-refractivity contribution in [2.75, 3.05) is 12.8 Å². The van der Waals surface area contributed by atoms with Gasteiger partial charge in [-0.3, -0.25) is 10.1 Å². The molecular weight excluding hydrogens is 258 g/mol. The molecule has 0 radical (unpaired) electrons. The molecule has 7 nitrogen and oxygen atoms in total. The molecule has 0 saturated heterocycles. The van der Waals surface area contributed by atoms with E-state index in [1.807, 2.05) is 0 Å². The number of nitrogens with zero attached hydrogens (tertiary/aromatic N) is 2. The summed E-state index contributed by atoms with van der Waals surface area (Å²) < 4.78 is 25.5. The molecular formula is C10H15N3O4S. The highest BCUT2D eigenvalue weighted by atomic mass is 32.2. The molecule has 0 spiro atoms. The number of non-ortho nitro benzene ring substituents is 1. The number of nitrogens with two attached hydrogens (primary N) is 1. The van der Waals surface area contributed by atoms with Crippen LogP contribution < -0.4 is 5.73 Å². The Morgan fingerprint density at radius 1 is 1.39 bits per heavy atom. The standard InChI is InChI=1S/C10H15N3O4S/c1-7(2)12(3)18(16,17)10-5-4-8(13(14)15)6-9(10)11/h4-7H,11H2,1-3H3. The molecule has 0 aromatic heterocycles. The van der Waals surface area contributed by atoms with Gasteiger partial charge in [0, 0.05) is 25.2 Å². The first-order chi connectivity index (χ1) is 8.17. The number of hydrogen-bond acceptors (Lipinski definition) is 5. The van der Waals surface area contributed by atoms with Gasteiger partial charge in [-0.15, -0.1) is 0 Å². The number of hydrogen-bond donors (Lipinski definition) is 1. The molecule has 0 saturated carbocycles. The Morgan fingerprint density at radius 2 is 1.94 bits per heavy atom. The molecule has 1 aromatic carbocycles. The molecule has 0 aliphatic heterocycles. The summed E-state index contributed by atoms with van der Waals surface area (Å²) in [5.41, 5.74) is 5.21. The summed E-state index contributed by atoms with van der Waals surface area (Å²) in [5.74, 6) is 0. The lowest BCUT2D eigenvalue weighted by molar-refractivity contribution is -0.384. The van der Waals surface area contributed by atoms with Crippen LogP contribution in [0.3, 0.4) is 0 Å². The molecule has 8 heteroatoms. The lowest BCUT2D eigenvalue weighted by Gasteiger charge is -2.21. The molecule has 1 rings (SSSR count). The maximum absolute atomic E-state index is 12.2. The van der Waals surface area contributed by atoms with Gasteiger partial charge >= 0.3 is 0 Å². The number of anilines is 1. The van der Waals surface area contributed by atoms with Gasteiger partial charge in [0.1, 0.15) is 4.90 Å². The summed E-state index contributed by atoms with van der Waals surface area (Å²) in [4.78, 5) is 9.80. The van der Waals surface area contributed by atoms with Crippen molar-refractivity contribution in [3.63, 3.8) is 0 Å². The van der Waals surface area contributed by atoms with E-state index in [0.717, 1.165) is 22.5 Å². The Hall–Kier alpha value is -1.67. The van der Waals surface area contributed by atoms with Gasteiger partial charge in [0.2, 0.25) is 10.0 Å². The normalized spacial score (nSPS) is 12.1. The molecule has 0 atom stereocenters. The molecule has 18 heavy (non-hydrogen) atoms. The van der Waals surface area contributed by atoms with E-state index < -0.39 is 14.9 Å². The number of sulfonamides is 1. The van der Waals surface area contributed by atoms with Crippen molar-refractivity contribution in [1.82, 2.24) is 4.31 Å². The lowest BCUT2D eigenvalue weighted by atomic mass is 10.3. The zero-order valence-electron chi connectivity index (χ0n) is 10.3.